The summed E-state index contributed by atoms with van der Waals surface area (Å²) < 4.78 is 1.93. The van der Waals surface area contributed by atoms with Crippen molar-refractivity contribution in [1.29, 1.82) is 5.26 Å². The van der Waals surface area contributed by atoms with Gasteiger partial charge in [0.05, 0.1) is 18.6 Å². The third-order valence-electron chi connectivity index (χ3n) is 4.62. The molecular formula is C19H20N8. The molecule has 27 heavy (non-hydrogen) atoms. The van der Waals surface area contributed by atoms with Crippen LogP contribution in [0.3, 0.4) is 0 Å². The number of hydrogen-bond acceptors (Lipinski definition) is 7. The van der Waals surface area contributed by atoms with Crippen LogP contribution in [0.2, 0.25) is 0 Å². The zero-order valence-corrected chi connectivity index (χ0v) is 15.0. The number of nitriles is 1. The number of aromatic nitrogens is 4. The number of rotatable bonds is 4. The lowest BCUT2D eigenvalue weighted by atomic mass is 10.0. The zero-order chi connectivity index (χ0) is 18.9. The average molecular weight is 360 g/mol. The molecule has 1 aromatic carbocycles. The van der Waals surface area contributed by atoms with Gasteiger partial charge >= 0.3 is 0 Å². The Hall–Kier alpha value is -3.44. The maximum Gasteiger partial charge on any atom is 0.158 e. The van der Waals surface area contributed by atoms with E-state index in [2.05, 4.69) is 56.4 Å². The number of hydrogen-bond donors (Lipinski definition) is 2. The molecule has 0 amide bonds. The van der Waals surface area contributed by atoms with Gasteiger partial charge in [0, 0.05) is 30.0 Å². The van der Waals surface area contributed by atoms with E-state index in [0.29, 0.717) is 11.6 Å². The third-order valence-corrected chi connectivity index (χ3v) is 4.62. The van der Waals surface area contributed by atoms with Crippen LogP contribution in [0.4, 0.5) is 17.3 Å². The van der Waals surface area contributed by atoms with Crippen LogP contribution in [0, 0.1) is 11.3 Å². The molecule has 2 aromatic heterocycles. The molecule has 0 radical (unpaired) electrons. The van der Waals surface area contributed by atoms with Gasteiger partial charge in [0.1, 0.15) is 24.0 Å². The first kappa shape index (κ1) is 17.0. The largest absolute Gasteiger partial charge is 0.370 e. The second kappa shape index (κ2) is 6.70. The lowest BCUT2D eigenvalue weighted by Crippen LogP contribution is -2.39. The summed E-state index contributed by atoms with van der Waals surface area (Å²) in [6.45, 7) is 3.95. The highest BCUT2D eigenvalue weighted by molar-refractivity contribution is 5.54. The van der Waals surface area contributed by atoms with E-state index in [4.69, 9.17) is 11.0 Å². The fourth-order valence-electron chi connectivity index (χ4n) is 3.15. The van der Waals surface area contributed by atoms with Crippen molar-refractivity contribution < 1.29 is 0 Å². The summed E-state index contributed by atoms with van der Waals surface area (Å²) in [5.41, 5.74) is 8.58. The standard InChI is InChI=1S/C19H20N8/c1-19(21)6-7-26(12-19)15-2-4-16(5-3-15)27-11-18(24-13-27)25-17-10-22-14(8-20)9-23-17/h2-5,9-11,13H,6-7,12,21H2,1H3,(H,23,25). The summed E-state index contributed by atoms with van der Waals surface area (Å²) in [6, 6.07) is 10.3. The molecule has 1 aliphatic rings. The number of imidazole rings is 1. The van der Waals surface area contributed by atoms with Crippen molar-refractivity contribution >= 4 is 17.3 Å². The first-order valence-electron chi connectivity index (χ1n) is 8.70. The second-order valence-corrected chi connectivity index (χ2v) is 7.03. The maximum absolute atomic E-state index is 8.76. The van der Waals surface area contributed by atoms with Gasteiger partial charge in [-0.3, -0.25) is 0 Å². The number of nitrogens with one attached hydrogen (secondary N) is 1. The third kappa shape index (κ3) is 3.73. The SMILES string of the molecule is CC1(N)CCN(c2ccc(-n3cnc(Nc4cnc(C#N)cn4)c3)cc2)C1. The Labute approximate surface area is 157 Å². The predicted molar refractivity (Wildman–Crippen MR) is 103 cm³/mol. The van der Waals surface area contributed by atoms with Gasteiger partial charge in [0.15, 0.2) is 5.69 Å². The average Bonchev–Trinajstić information content (AvgIpc) is 3.29. The van der Waals surface area contributed by atoms with Crippen LogP contribution in [0.5, 0.6) is 0 Å². The molecule has 4 rings (SSSR count). The summed E-state index contributed by atoms with van der Waals surface area (Å²) in [5.74, 6) is 1.19. The summed E-state index contributed by atoms with van der Waals surface area (Å²) in [4.78, 5) is 14.8. The van der Waals surface area contributed by atoms with Crippen molar-refractivity contribution in [3.8, 4) is 11.8 Å². The van der Waals surface area contributed by atoms with Gasteiger partial charge < -0.3 is 20.5 Å². The minimum atomic E-state index is -0.113. The second-order valence-electron chi connectivity index (χ2n) is 7.03. The minimum Gasteiger partial charge on any atom is -0.370 e. The van der Waals surface area contributed by atoms with Gasteiger partial charge in [-0.25, -0.2) is 15.0 Å². The van der Waals surface area contributed by atoms with Crippen molar-refractivity contribution in [1.82, 2.24) is 19.5 Å². The molecule has 0 aliphatic carbocycles. The van der Waals surface area contributed by atoms with Crippen molar-refractivity contribution in [3.63, 3.8) is 0 Å². The van der Waals surface area contributed by atoms with Crippen LogP contribution < -0.4 is 16.0 Å². The van der Waals surface area contributed by atoms with Crippen molar-refractivity contribution in [3.05, 3.63) is 54.9 Å². The molecule has 3 aromatic rings. The summed E-state index contributed by atoms with van der Waals surface area (Å²) in [5, 5.41) is 11.8. The molecule has 0 bridgehead atoms. The van der Waals surface area contributed by atoms with Gasteiger partial charge in [0.25, 0.3) is 0 Å². The van der Waals surface area contributed by atoms with Crippen molar-refractivity contribution in [2.75, 3.05) is 23.3 Å². The Balaban J connectivity index is 1.45. The highest BCUT2D eigenvalue weighted by Gasteiger charge is 2.29. The van der Waals surface area contributed by atoms with Gasteiger partial charge in [-0.05, 0) is 37.6 Å². The topological polar surface area (TPSA) is 109 Å². The lowest BCUT2D eigenvalue weighted by Gasteiger charge is -2.21. The first-order valence-corrected chi connectivity index (χ1v) is 8.70. The van der Waals surface area contributed by atoms with E-state index in [1.807, 2.05) is 16.8 Å². The zero-order valence-electron chi connectivity index (χ0n) is 15.0. The summed E-state index contributed by atoms with van der Waals surface area (Å²) in [7, 11) is 0. The van der Waals surface area contributed by atoms with Crippen LogP contribution >= 0.6 is 0 Å². The summed E-state index contributed by atoms with van der Waals surface area (Å²) >= 11 is 0. The van der Waals surface area contributed by atoms with Gasteiger partial charge in [-0.1, -0.05) is 0 Å². The highest BCUT2D eigenvalue weighted by atomic mass is 15.2. The van der Waals surface area contributed by atoms with Crippen LogP contribution in [0.25, 0.3) is 5.69 Å². The van der Waals surface area contributed by atoms with Crippen LogP contribution in [0.1, 0.15) is 19.0 Å². The summed E-state index contributed by atoms with van der Waals surface area (Å²) in [6.07, 6.45) is 7.54. The molecule has 0 spiro atoms. The predicted octanol–water partition coefficient (Wildman–Crippen LogP) is 2.21. The van der Waals surface area contributed by atoms with E-state index in [9.17, 15) is 0 Å². The van der Waals surface area contributed by atoms with E-state index in [1.54, 1.807) is 6.33 Å². The highest BCUT2D eigenvalue weighted by Crippen LogP contribution is 2.26. The molecular weight excluding hydrogens is 340 g/mol. The quantitative estimate of drug-likeness (QED) is 0.734. The first-order chi connectivity index (χ1) is 13.0. The van der Waals surface area contributed by atoms with Crippen LogP contribution in [-0.4, -0.2) is 38.1 Å². The fourth-order valence-corrected chi connectivity index (χ4v) is 3.15. The Morgan fingerprint density at radius 3 is 2.52 bits per heavy atom. The van der Waals surface area contributed by atoms with Crippen LogP contribution in [-0.2, 0) is 0 Å². The molecule has 1 fully saturated rings. The molecule has 3 N–H and O–H groups in total. The number of nitrogens with two attached hydrogens (primary N) is 1. The molecule has 8 heteroatoms. The fraction of sp³-hybridized carbons (Fsp3) is 0.263. The Kier molecular flexibility index (Phi) is 4.22. The molecule has 8 nitrogen and oxygen atoms in total. The monoisotopic (exact) mass is 360 g/mol. The van der Waals surface area contributed by atoms with E-state index < -0.39 is 0 Å². The van der Waals surface area contributed by atoms with Crippen molar-refractivity contribution in [2.24, 2.45) is 5.73 Å². The molecule has 1 atom stereocenters. The van der Waals surface area contributed by atoms with Gasteiger partial charge in [-0.2, -0.15) is 5.26 Å². The van der Waals surface area contributed by atoms with Gasteiger partial charge in [-0.15, -0.1) is 0 Å². The normalized spacial score (nSPS) is 19.1. The molecule has 1 saturated heterocycles. The van der Waals surface area contributed by atoms with E-state index in [1.165, 1.54) is 18.1 Å². The van der Waals surface area contributed by atoms with E-state index in [-0.39, 0.29) is 11.2 Å². The molecule has 136 valence electrons. The molecule has 0 saturated carbocycles. The Morgan fingerprint density at radius 1 is 1.11 bits per heavy atom. The van der Waals surface area contributed by atoms with E-state index in [0.717, 1.165) is 25.2 Å². The van der Waals surface area contributed by atoms with Crippen molar-refractivity contribution in [2.45, 2.75) is 18.9 Å². The lowest BCUT2D eigenvalue weighted by molar-refractivity contribution is 0.525. The molecule has 1 aliphatic heterocycles. The Bertz CT molecular complexity index is 966. The number of anilines is 3. The van der Waals surface area contributed by atoms with E-state index >= 15 is 0 Å². The van der Waals surface area contributed by atoms with Crippen LogP contribution in [0.15, 0.2) is 49.2 Å². The number of benzene rings is 1. The number of nitrogens with zero attached hydrogens (tertiary/aromatic N) is 6. The van der Waals surface area contributed by atoms with Gasteiger partial charge in [0.2, 0.25) is 0 Å². The maximum atomic E-state index is 8.76. The molecule has 1 unspecified atom stereocenters. The Morgan fingerprint density at radius 2 is 1.89 bits per heavy atom. The minimum absolute atomic E-state index is 0.113. The smallest absolute Gasteiger partial charge is 0.158 e. The molecule has 3 heterocycles.